The number of halogens is 1. The van der Waals surface area contributed by atoms with Crippen LogP contribution in [0.4, 0.5) is 10.1 Å². The number of benzene rings is 1. The summed E-state index contributed by atoms with van der Waals surface area (Å²) in [4.78, 5) is 0. The molecule has 1 aliphatic rings. The van der Waals surface area contributed by atoms with Crippen LogP contribution in [0.25, 0.3) is 0 Å². The van der Waals surface area contributed by atoms with Gasteiger partial charge in [0, 0.05) is 36.6 Å². The third-order valence-electron chi connectivity index (χ3n) is 4.77. The van der Waals surface area contributed by atoms with Gasteiger partial charge < -0.3 is 16.0 Å². The van der Waals surface area contributed by atoms with Gasteiger partial charge in [0.25, 0.3) is 0 Å². The van der Waals surface area contributed by atoms with Crippen molar-refractivity contribution in [3.8, 4) is 0 Å². The second-order valence-electron chi connectivity index (χ2n) is 6.48. The predicted molar refractivity (Wildman–Crippen MR) is 116 cm³/mol. The van der Waals surface area contributed by atoms with E-state index in [9.17, 15) is 4.39 Å². The Morgan fingerprint density at radius 3 is 2.67 bits per heavy atom. The van der Waals surface area contributed by atoms with Gasteiger partial charge in [-0.3, -0.25) is 4.72 Å². The van der Waals surface area contributed by atoms with Gasteiger partial charge in [0.2, 0.25) is 0 Å². The van der Waals surface area contributed by atoms with E-state index in [-0.39, 0.29) is 11.2 Å². The highest BCUT2D eigenvalue weighted by Crippen LogP contribution is 2.45. The van der Waals surface area contributed by atoms with E-state index in [0.717, 1.165) is 36.3 Å². The predicted octanol–water partition coefficient (Wildman–Crippen LogP) is 4.59. The van der Waals surface area contributed by atoms with E-state index in [1.54, 1.807) is 12.1 Å². The molecule has 4 nitrogen and oxygen atoms in total. The smallest absolute Gasteiger partial charge is 0.123 e. The summed E-state index contributed by atoms with van der Waals surface area (Å²) in [6, 6.07) is 6.22. The normalized spacial score (nSPS) is 19.7. The molecule has 0 aliphatic heterocycles. The lowest BCUT2D eigenvalue weighted by molar-refractivity contribution is 0.442. The molecule has 6 heteroatoms. The Balaban J connectivity index is 2.39. The quantitative estimate of drug-likeness (QED) is 0.232. The number of hydrogen-bond donors (Lipinski definition) is 5. The largest absolute Gasteiger partial charge is 0.394 e. The molecule has 0 saturated carbocycles. The molecule has 1 aromatic rings. The third-order valence-corrected chi connectivity index (χ3v) is 4.99. The minimum Gasteiger partial charge on any atom is -0.394 e. The van der Waals surface area contributed by atoms with Crippen molar-refractivity contribution in [1.82, 2.24) is 10.0 Å². The number of anilines is 1. The maximum absolute atomic E-state index is 13.2. The molecular formula is C21H27FN4S. The molecular weight excluding hydrogens is 359 g/mol. The molecule has 0 spiro atoms. The molecule has 27 heavy (non-hydrogen) atoms. The van der Waals surface area contributed by atoms with Gasteiger partial charge in [0.05, 0.1) is 0 Å². The van der Waals surface area contributed by atoms with Gasteiger partial charge >= 0.3 is 0 Å². The Hall–Kier alpha value is -2.31. The lowest BCUT2D eigenvalue weighted by Gasteiger charge is -2.37. The molecule has 0 heterocycles. The van der Waals surface area contributed by atoms with Crippen molar-refractivity contribution in [2.75, 3.05) is 18.9 Å². The van der Waals surface area contributed by atoms with E-state index in [4.69, 9.17) is 5.41 Å². The van der Waals surface area contributed by atoms with Crippen LogP contribution < -0.4 is 15.4 Å². The third kappa shape index (κ3) is 5.34. The molecule has 0 fully saturated rings. The first kappa shape index (κ1) is 21.0. The van der Waals surface area contributed by atoms with Crippen LogP contribution in [0.15, 0.2) is 72.1 Å². The minimum absolute atomic E-state index is 0.251. The summed E-state index contributed by atoms with van der Waals surface area (Å²) >= 11 is 4.11. The monoisotopic (exact) mass is 386 g/mol. The molecule has 0 radical (unpaired) electrons. The zero-order chi connectivity index (χ0) is 19.7. The summed E-state index contributed by atoms with van der Waals surface area (Å²) < 4.78 is 16.1. The second kappa shape index (κ2) is 10.1. The summed E-state index contributed by atoms with van der Waals surface area (Å²) in [5.74, 6) is -0.275. The van der Waals surface area contributed by atoms with Gasteiger partial charge in [-0.1, -0.05) is 30.5 Å². The average molecular weight is 387 g/mol. The molecule has 0 amide bonds. The van der Waals surface area contributed by atoms with Gasteiger partial charge in [-0.25, -0.2) is 4.39 Å². The SMILES string of the molecule is C=CC1(C/C=C/NC)CC(C=N)=C(Nc2ccc(F)cc2)C=C1CCNS. The summed E-state index contributed by atoms with van der Waals surface area (Å²) in [5, 5.41) is 14.2. The number of nitrogens with one attached hydrogen (secondary N) is 4. The molecule has 2 rings (SSSR count). The topological polar surface area (TPSA) is 59.9 Å². The van der Waals surface area contributed by atoms with Crippen molar-refractivity contribution in [3.63, 3.8) is 0 Å². The van der Waals surface area contributed by atoms with Crippen molar-refractivity contribution in [2.45, 2.75) is 19.3 Å². The van der Waals surface area contributed by atoms with Crippen LogP contribution in [-0.2, 0) is 0 Å². The van der Waals surface area contributed by atoms with Gasteiger partial charge in [0.15, 0.2) is 0 Å². The van der Waals surface area contributed by atoms with Crippen LogP contribution in [0.2, 0.25) is 0 Å². The molecule has 1 aliphatic carbocycles. The molecule has 1 aromatic carbocycles. The van der Waals surface area contributed by atoms with E-state index >= 15 is 0 Å². The molecule has 144 valence electrons. The van der Waals surface area contributed by atoms with Crippen molar-refractivity contribution >= 4 is 24.7 Å². The van der Waals surface area contributed by atoms with Crippen LogP contribution >= 0.6 is 12.8 Å². The molecule has 1 unspecified atom stereocenters. The van der Waals surface area contributed by atoms with Crippen LogP contribution in [0.5, 0.6) is 0 Å². The Labute approximate surface area is 166 Å². The Kier molecular flexibility index (Phi) is 7.88. The highest BCUT2D eigenvalue weighted by atomic mass is 32.1. The van der Waals surface area contributed by atoms with E-state index in [1.807, 2.05) is 19.3 Å². The zero-order valence-corrected chi connectivity index (χ0v) is 16.5. The summed E-state index contributed by atoms with van der Waals surface area (Å²) in [5.41, 5.74) is 3.50. The molecule has 0 bridgehead atoms. The molecule has 0 aromatic heterocycles. The number of rotatable bonds is 10. The van der Waals surface area contributed by atoms with E-state index < -0.39 is 0 Å². The Morgan fingerprint density at radius 2 is 2.07 bits per heavy atom. The van der Waals surface area contributed by atoms with Gasteiger partial charge in [-0.2, -0.15) is 0 Å². The number of thiol groups is 1. The van der Waals surface area contributed by atoms with Crippen LogP contribution in [0.1, 0.15) is 19.3 Å². The fraction of sp³-hybridized carbons (Fsp3) is 0.286. The van der Waals surface area contributed by atoms with E-state index in [1.165, 1.54) is 23.9 Å². The maximum Gasteiger partial charge on any atom is 0.123 e. The Bertz CT molecular complexity index is 752. The van der Waals surface area contributed by atoms with E-state index in [2.05, 4.69) is 46.9 Å². The van der Waals surface area contributed by atoms with Gasteiger partial charge in [-0.15, -0.1) is 6.58 Å². The van der Waals surface area contributed by atoms with Crippen LogP contribution in [0.3, 0.4) is 0 Å². The zero-order valence-electron chi connectivity index (χ0n) is 15.6. The highest BCUT2D eigenvalue weighted by molar-refractivity contribution is 7.78. The standard InChI is InChI=1S/C21H27FN4S/c1-3-21(10-4-11-24-2)14-16(15-23)20(13-17(21)9-12-25-27)26-19-7-5-18(22)6-8-19/h3-8,11,13,15,23-27H,1,9-10,12,14H2,2H3/b11-4+,23-15?. The van der Waals surface area contributed by atoms with Crippen molar-refractivity contribution < 1.29 is 4.39 Å². The van der Waals surface area contributed by atoms with Crippen LogP contribution in [-0.4, -0.2) is 19.8 Å². The minimum atomic E-state index is -0.275. The average Bonchev–Trinajstić information content (AvgIpc) is 2.69. The van der Waals surface area contributed by atoms with Gasteiger partial charge in [0.1, 0.15) is 5.82 Å². The highest BCUT2D eigenvalue weighted by Gasteiger charge is 2.34. The fourth-order valence-electron chi connectivity index (χ4n) is 3.28. The summed E-state index contributed by atoms with van der Waals surface area (Å²) in [6.07, 6.45) is 11.7. The molecule has 1 atom stereocenters. The molecule has 4 N–H and O–H groups in total. The Morgan fingerprint density at radius 1 is 1.33 bits per heavy atom. The van der Waals surface area contributed by atoms with Crippen molar-refractivity contribution in [1.29, 1.82) is 5.41 Å². The number of hydrogen-bond acceptors (Lipinski definition) is 5. The van der Waals surface area contributed by atoms with Gasteiger partial charge in [-0.05, 0) is 61.4 Å². The van der Waals surface area contributed by atoms with Crippen LogP contribution in [0, 0.1) is 16.6 Å². The maximum atomic E-state index is 13.2. The number of allylic oxidation sites excluding steroid dienone is 4. The summed E-state index contributed by atoms with van der Waals surface area (Å²) in [6.45, 7) is 4.81. The summed E-state index contributed by atoms with van der Waals surface area (Å²) in [7, 11) is 1.87. The van der Waals surface area contributed by atoms with E-state index in [0.29, 0.717) is 6.42 Å². The van der Waals surface area contributed by atoms with Crippen molar-refractivity contribution in [2.24, 2.45) is 5.41 Å². The molecule has 0 saturated heterocycles. The first-order chi connectivity index (χ1) is 13.1. The lowest BCUT2D eigenvalue weighted by Crippen LogP contribution is -2.28. The first-order valence-corrected chi connectivity index (χ1v) is 9.33. The lowest BCUT2D eigenvalue weighted by atomic mass is 9.68. The fourth-order valence-corrected chi connectivity index (χ4v) is 3.39. The second-order valence-corrected chi connectivity index (χ2v) is 6.79. The first-order valence-electron chi connectivity index (χ1n) is 8.88. The van der Waals surface area contributed by atoms with Crippen molar-refractivity contribution in [3.05, 3.63) is 77.9 Å².